The van der Waals surface area contributed by atoms with Gasteiger partial charge in [-0.3, -0.25) is 38.4 Å². The molecule has 376 valence electrons. The van der Waals surface area contributed by atoms with Gasteiger partial charge in [0.15, 0.2) is 0 Å². The highest BCUT2D eigenvalue weighted by Gasteiger charge is 2.30. The van der Waals surface area contributed by atoms with Gasteiger partial charge < -0.3 is 62.4 Å². The molecule has 68 heavy (non-hydrogen) atoms. The number of carbonyl (C=O) groups is 10. The molecule has 0 spiro atoms. The zero-order valence-corrected chi connectivity index (χ0v) is 38.2. The molecular formula is C46H65N5O17. The van der Waals surface area contributed by atoms with Crippen molar-refractivity contribution in [2.45, 2.75) is 121 Å². The number of carboxylic acid groups (broad SMARTS) is 5. The Bertz CT molecular complexity index is 1880. The van der Waals surface area contributed by atoms with E-state index in [1.165, 1.54) is 0 Å². The van der Waals surface area contributed by atoms with Crippen molar-refractivity contribution in [2.24, 2.45) is 17.4 Å². The molecule has 0 bridgehead atoms. The number of nitrogens with two attached hydrogens (primary N) is 2. The number of benzene rings is 2. The minimum atomic E-state index is -1.07. The first-order valence-corrected chi connectivity index (χ1v) is 22.2. The van der Waals surface area contributed by atoms with Crippen molar-refractivity contribution in [3.05, 3.63) is 59.7 Å². The van der Waals surface area contributed by atoms with Gasteiger partial charge in [-0.05, 0) is 80.2 Å². The second-order valence-electron chi connectivity index (χ2n) is 15.7. The molecule has 3 amide bonds. The highest BCUT2D eigenvalue weighted by Crippen LogP contribution is 2.44. The number of alkyl carbamates (subject to hydrolysis) is 1. The fraction of sp³-hybridized carbons (Fsp3) is 0.522. The number of carboxylic acids is 5. The molecule has 2 unspecified atom stereocenters. The van der Waals surface area contributed by atoms with Crippen LogP contribution < -0.4 is 27.4 Å². The molecule has 1 saturated heterocycles. The predicted molar refractivity (Wildman–Crippen MR) is 243 cm³/mol. The Morgan fingerprint density at radius 1 is 0.647 bits per heavy atom. The molecule has 3 atom stereocenters. The zero-order chi connectivity index (χ0) is 51.0. The van der Waals surface area contributed by atoms with Crippen LogP contribution >= 0.6 is 0 Å². The van der Waals surface area contributed by atoms with Gasteiger partial charge in [-0.1, -0.05) is 61.9 Å². The van der Waals surface area contributed by atoms with E-state index in [9.17, 15) is 53.1 Å². The van der Waals surface area contributed by atoms with E-state index in [1.807, 2.05) is 36.4 Å². The number of ether oxygens (including phenoxy) is 2. The summed E-state index contributed by atoms with van der Waals surface area (Å²) in [4.78, 5) is 107. The molecule has 22 nitrogen and oxygen atoms in total. The van der Waals surface area contributed by atoms with Crippen molar-refractivity contribution in [1.29, 1.82) is 0 Å². The molecule has 22 heteroatoms. The second kappa shape index (κ2) is 33.5. The maximum absolute atomic E-state index is 12.1. The Hall–Kier alpha value is -6.94. The summed E-state index contributed by atoms with van der Waals surface area (Å²) in [7, 11) is 0. The second-order valence-corrected chi connectivity index (χ2v) is 15.7. The average Bonchev–Trinajstić information content (AvgIpc) is 3.84. The van der Waals surface area contributed by atoms with E-state index in [4.69, 9.17) is 36.6 Å². The molecule has 1 aliphatic heterocycles. The number of hydrogen-bond acceptors (Lipinski definition) is 14. The summed E-state index contributed by atoms with van der Waals surface area (Å²) in [5.41, 5.74) is 15.2. The molecule has 0 saturated carbocycles. The van der Waals surface area contributed by atoms with Crippen LogP contribution in [0.2, 0.25) is 0 Å². The zero-order valence-electron chi connectivity index (χ0n) is 38.2. The lowest BCUT2D eigenvalue weighted by atomic mass is 9.98. The smallest absolute Gasteiger partial charge is 0.407 e. The van der Waals surface area contributed by atoms with Crippen molar-refractivity contribution < 1.29 is 83.0 Å². The summed E-state index contributed by atoms with van der Waals surface area (Å²) in [6, 6.07) is 14.3. The Morgan fingerprint density at radius 2 is 1.12 bits per heavy atom. The van der Waals surface area contributed by atoms with Gasteiger partial charge in [0.2, 0.25) is 11.8 Å². The van der Waals surface area contributed by atoms with E-state index in [1.54, 1.807) is 6.92 Å². The predicted octanol–water partition coefficient (Wildman–Crippen LogP) is 3.37. The van der Waals surface area contributed by atoms with Gasteiger partial charge in [0.05, 0.1) is 31.6 Å². The van der Waals surface area contributed by atoms with E-state index in [0.29, 0.717) is 64.6 Å². The van der Waals surface area contributed by atoms with Gasteiger partial charge in [0.1, 0.15) is 18.7 Å². The van der Waals surface area contributed by atoms with Gasteiger partial charge in [-0.2, -0.15) is 0 Å². The summed E-state index contributed by atoms with van der Waals surface area (Å²) in [5.74, 6) is -6.71. The van der Waals surface area contributed by atoms with Crippen molar-refractivity contribution in [3.63, 3.8) is 0 Å². The highest BCUT2D eigenvalue weighted by molar-refractivity contribution is 5.92. The number of esters is 2. The van der Waals surface area contributed by atoms with E-state index >= 15 is 0 Å². The van der Waals surface area contributed by atoms with E-state index in [0.717, 1.165) is 35.1 Å². The number of unbranched alkanes of at least 4 members (excludes halogenated alkanes) is 3. The monoisotopic (exact) mass is 959 g/mol. The van der Waals surface area contributed by atoms with Crippen LogP contribution in [0.1, 0.15) is 120 Å². The van der Waals surface area contributed by atoms with Crippen LogP contribution in [0.15, 0.2) is 48.5 Å². The average molecular weight is 960 g/mol. The van der Waals surface area contributed by atoms with Gasteiger partial charge in [-0.25, -0.2) is 9.59 Å². The van der Waals surface area contributed by atoms with Gasteiger partial charge in [0.25, 0.3) is 0 Å². The Kier molecular flexibility index (Phi) is 29.1. The van der Waals surface area contributed by atoms with Gasteiger partial charge in [0, 0.05) is 31.8 Å². The Labute approximate surface area is 393 Å². The molecule has 2 aromatic carbocycles. The summed E-state index contributed by atoms with van der Waals surface area (Å²) in [6.45, 7) is 3.18. The van der Waals surface area contributed by atoms with Crippen LogP contribution in [0.5, 0.6) is 0 Å². The number of aliphatic carboxylic acids is 5. The van der Waals surface area contributed by atoms with Crippen molar-refractivity contribution in [1.82, 2.24) is 16.0 Å². The largest absolute Gasteiger partial charge is 0.481 e. The van der Waals surface area contributed by atoms with Crippen LogP contribution in [0, 0.1) is 5.92 Å². The molecule has 1 fully saturated rings. The van der Waals surface area contributed by atoms with Crippen molar-refractivity contribution in [3.8, 4) is 11.1 Å². The van der Waals surface area contributed by atoms with E-state index in [-0.39, 0.29) is 68.8 Å². The molecule has 2 aromatic rings. The van der Waals surface area contributed by atoms with Crippen LogP contribution in [0.25, 0.3) is 11.1 Å². The quantitative estimate of drug-likeness (QED) is 0.0367. The number of rotatable bonds is 26. The molecule has 0 aromatic heterocycles. The molecule has 12 N–H and O–H groups in total. The highest BCUT2D eigenvalue weighted by atomic mass is 16.6. The van der Waals surface area contributed by atoms with Crippen LogP contribution in [-0.2, 0) is 52.6 Å². The Balaban J connectivity index is 0.000000493. The van der Waals surface area contributed by atoms with Crippen LogP contribution in [-0.4, -0.2) is 124 Å². The number of amides is 3. The molecule has 2 aliphatic rings. The third kappa shape index (κ3) is 25.7. The molecule has 1 aliphatic carbocycles. The summed E-state index contributed by atoms with van der Waals surface area (Å²) >= 11 is 0. The SMILES string of the molecule is CC(CCCCNC(=O)CCC(=O)O)C(=O)O.NC(CCCCNC(=O)CCC(=O)O)C(=O)O.NCCCC[C@H](NC(=O)OCC1c2ccccc2-c2ccccc21)C(=O)O.O=C1CCC(=O)O1. The maximum Gasteiger partial charge on any atom is 0.407 e. The summed E-state index contributed by atoms with van der Waals surface area (Å²) < 4.78 is 9.47. The minimum Gasteiger partial charge on any atom is -0.481 e. The first-order chi connectivity index (χ1) is 32.3. The van der Waals surface area contributed by atoms with Gasteiger partial charge in [-0.15, -0.1) is 0 Å². The van der Waals surface area contributed by atoms with Crippen LogP contribution in [0.3, 0.4) is 0 Å². The fourth-order valence-corrected chi connectivity index (χ4v) is 6.35. The third-order valence-corrected chi connectivity index (χ3v) is 10.2. The fourth-order valence-electron chi connectivity index (χ4n) is 6.35. The molecule has 0 radical (unpaired) electrons. The lowest BCUT2D eigenvalue weighted by Crippen LogP contribution is -2.41. The van der Waals surface area contributed by atoms with E-state index < -0.39 is 60.0 Å². The number of cyclic esters (lactones) is 2. The van der Waals surface area contributed by atoms with Crippen molar-refractivity contribution >= 4 is 59.7 Å². The first-order valence-electron chi connectivity index (χ1n) is 22.2. The maximum atomic E-state index is 12.1. The number of nitrogens with one attached hydrogen (secondary N) is 3. The lowest BCUT2D eigenvalue weighted by molar-refractivity contribution is -0.152. The minimum absolute atomic E-state index is 0.0130. The number of carbonyl (C=O) groups excluding carboxylic acids is 5. The normalized spacial score (nSPS) is 13.3. The van der Waals surface area contributed by atoms with Crippen LogP contribution in [0.4, 0.5) is 4.79 Å². The lowest BCUT2D eigenvalue weighted by Gasteiger charge is -2.17. The Morgan fingerprint density at radius 3 is 1.53 bits per heavy atom. The number of fused-ring (bicyclic) bond motifs is 3. The standard InChI is InChI=1S/C21H24N2O4.C11H19NO5.C10H18N2O5.C4H4O3/c22-12-6-5-11-19(20(24)25)23-21(26)27-13-18-16-9-3-1-7-14(16)15-8-2-4-10-17(15)18;1-8(11(16)17)4-2-3-7-12-9(13)5-6-10(14)15;11-7(10(16)17)3-1-2-6-12-8(13)4-5-9(14)15;5-3-1-2-4(6)7-3/h1-4,7-10,18-19H,5-6,11-13,22H2,(H,23,26)(H,24,25);8H,2-7H2,1H3,(H,12,13)(H,14,15)(H,16,17);7H,1-6,11H2,(H,12,13)(H,14,15)(H,16,17);1-2H2/t19-;;;/m0.../s1. The first kappa shape index (κ1) is 59.1. The van der Waals surface area contributed by atoms with Crippen molar-refractivity contribution in [2.75, 3.05) is 26.2 Å². The number of hydrogen-bond donors (Lipinski definition) is 10. The molecule has 4 rings (SSSR count). The van der Waals surface area contributed by atoms with E-state index in [2.05, 4.69) is 32.8 Å². The topological polar surface area (TPSA) is 378 Å². The summed E-state index contributed by atoms with van der Waals surface area (Å²) in [6.07, 6.45) is 4.71. The molecular weight excluding hydrogens is 895 g/mol. The van der Waals surface area contributed by atoms with Gasteiger partial charge >= 0.3 is 47.9 Å². The third-order valence-electron chi connectivity index (χ3n) is 10.2. The molecule has 1 heterocycles. The summed E-state index contributed by atoms with van der Waals surface area (Å²) in [5, 5.41) is 50.7.